The van der Waals surface area contributed by atoms with Crippen LogP contribution in [0.5, 0.6) is 0 Å². The molecule has 0 unspecified atom stereocenters. The van der Waals surface area contributed by atoms with E-state index in [0.717, 1.165) is 11.1 Å². The monoisotopic (exact) mass is 374 g/mol. The lowest BCUT2D eigenvalue weighted by Crippen LogP contribution is -2.19. The molecule has 0 saturated heterocycles. The van der Waals surface area contributed by atoms with Crippen molar-refractivity contribution in [1.82, 2.24) is 0 Å². The SMILES string of the molecule is CCOC(=O)Cc1ccc2c(c1)CC(Br)(Br)C2=O. The summed E-state index contributed by atoms with van der Waals surface area (Å²) in [4.78, 5) is 23.4. The Hall–Kier alpha value is -0.680. The van der Waals surface area contributed by atoms with E-state index in [2.05, 4.69) is 31.9 Å². The number of carbonyl (C=O) groups excluding carboxylic acids is 2. The van der Waals surface area contributed by atoms with Gasteiger partial charge in [0.25, 0.3) is 0 Å². The minimum absolute atomic E-state index is 0.0279. The molecule has 1 aliphatic rings. The summed E-state index contributed by atoms with van der Waals surface area (Å²) in [6, 6.07) is 5.47. The maximum absolute atomic E-state index is 12.0. The van der Waals surface area contributed by atoms with E-state index in [1.807, 2.05) is 6.07 Å². The summed E-state index contributed by atoms with van der Waals surface area (Å²) in [5, 5.41) is 0. The van der Waals surface area contributed by atoms with Crippen molar-refractivity contribution in [2.24, 2.45) is 0 Å². The molecule has 5 heteroatoms. The Balaban J connectivity index is 2.21. The number of benzene rings is 1. The summed E-state index contributed by atoms with van der Waals surface area (Å²) in [7, 11) is 0. The topological polar surface area (TPSA) is 43.4 Å². The van der Waals surface area contributed by atoms with E-state index < -0.39 is 3.23 Å². The highest BCUT2D eigenvalue weighted by Gasteiger charge is 2.41. The second-order valence-corrected chi connectivity index (χ2v) is 7.96. The smallest absolute Gasteiger partial charge is 0.310 e. The average molecular weight is 376 g/mol. The number of alkyl halides is 2. The first-order valence-corrected chi connectivity index (χ1v) is 7.22. The van der Waals surface area contributed by atoms with E-state index in [-0.39, 0.29) is 18.2 Å². The Morgan fingerprint density at radius 2 is 2.17 bits per heavy atom. The van der Waals surface area contributed by atoms with Crippen molar-refractivity contribution in [3.63, 3.8) is 0 Å². The molecule has 0 fully saturated rings. The van der Waals surface area contributed by atoms with Gasteiger partial charge in [-0.15, -0.1) is 0 Å². The summed E-state index contributed by atoms with van der Waals surface area (Å²) in [5.41, 5.74) is 2.53. The fourth-order valence-corrected chi connectivity index (χ4v) is 3.05. The van der Waals surface area contributed by atoms with Gasteiger partial charge in [-0.3, -0.25) is 9.59 Å². The van der Waals surface area contributed by atoms with Gasteiger partial charge >= 0.3 is 5.97 Å². The number of fused-ring (bicyclic) bond motifs is 1. The molecule has 0 saturated carbocycles. The second kappa shape index (κ2) is 5.13. The Morgan fingerprint density at radius 1 is 1.44 bits per heavy atom. The molecular formula is C13H12Br2O3. The second-order valence-electron chi connectivity index (χ2n) is 4.18. The van der Waals surface area contributed by atoms with E-state index in [1.165, 1.54) is 0 Å². The Morgan fingerprint density at radius 3 is 2.83 bits per heavy atom. The summed E-state index contributed by atoms with van der Waals surface area (Å²) in [5.74, 6) is -0.217. The Labute approximate surface area is 122 Å². The quantitative estimate of drug-likeness (QED) is 0.602. The lowest BCUT2D eigenvalue weighted by Gasteiger charge is -2.07. The van der Waals surface area contributed by atoms with E-state index >= 15 is 0 Å². The van der Waals surface area contributed by atoms with E-state index in [9.17, 15) is 9.59 Å². The largest absolute Gasteiger partial charge is 0.466 e. The minimum atomic E-state index is -0.690. The number of carbonyl (C=O) groups is 2. The molecule has 0 radical (unpaired) electrons. The molecule has 18 heavy (non-hydrogen) atoms. The third kappa shape index (κ3) is 2.67. The average Bonchev–Trinajstić information content (AvgIpc) is 2.49. The lowest BCUT2D eigenvalue weighted by molar-refractivity contribution is -0.142. The summed E-state index contributed by atoms with van der Waals surface area (Å²) in [6.07, 6.45) is 0.824. The van der Waals surface area contributed by atoms with Gasteiger partial charge in [0.1, 0.15) is 3.23 Å². The van der Waals surface area contributed by atoms with Crippen molar-refractivity contribution in [3.8, 4) is 0 Å². The molecule has 2 rings (SSSR count). The molecule has 0 aliphatic heterocycles. The highest BCUT2D eigenvalue weighted by atomic mass is 79.9. The van der Waals surface area contributed by atoms with Crippen LogP contribution in [0.3, 0.4) is 0 Å². The molecule has 1 aliphatic carbocycles. The van der Waals surface area contributed by atoms with Crippen molar-refractivity contribution >= 4 is 43.6 Å². The lowest BCUT2D eigenvalue weighted by atomic mass is 10.0. The fraction of sp³-hybridized carbons (Fsp3) is 0.385. The molecule has 0 bridgehead atoms. The number of halogens is 2. The molecule has 0 heterocycles. The zero-order valence-electron chi connectivity index (χ0n) is 9.83. The number of hydrogen-bond donors (Lipinski definition) is 0. The van der Waals surface area contributed by atoms with Crippen LogP contribution in [0.4, 0.5) is 0 Å². The van der Waals surface area contributed by atoms with Crippen LogP contribution in [0.1, 0.15) is 28.4 Å². The maximum Gasteiger partial charge on any atom is 0.310 e. The van der Waals surface area contributed by atoms with Gasteiger partial charge in [-0.2, -0.15) is 0 Å². The van der Waals surface area contributed by atoms with Crippen LogP contribution in [0.2, 0.25) is 0 Å². The molecule has 0 amide bonds. The van der Waals surface area contributed by atoms with Gasteiger partial charge in [-0.05, 0) is 18.1 Å². The predicted octanol–water partition coefficient (Wildman–Crippen LogP) is 3.02. The van der Waals surface area contributed by atoms with Crippen molar-refractivity contribution in [3.05, 3.63) is 34.9 Å². The molecule has 0 spiro atoms. The summed E-state index contributed by atoms with van der Waals surface area (Å²) in [6.45, 7) is 2.16. The van der Waals surface area contributed by atoms with Crippen molar-refractivity contribution < 1.29 is 14.3 Å². The zero-order valence-corrected chi connectivity index (χ0v) is 13.0. The first kappa shape index (κ1) is 13.7. The van der Waals surface area contributed by atoms with Gasteiger partial charge in [-0.25, -0.2) is 0 Å². The number of ketones is 1. The molecule has 0 atom stereocenters. The predicted molar refractivity (Wildman–Crippen MR) is 75.4 cm³/mol. The minimum Gasteiger partial charge on any atom is -0.466 e. The third-order valence-electron chi connectivity index (χ3n) is 2.81. The molecule has 3 nitrogen and oxygen atoms in total. The van der Waals surface area contributed by atoms with Crippen LogP contribution < -0.4 is 0 Å². The fourth-order valence-electron chi connectivity index (χ4n) is 2.02. The van der Waals surface area contributed by atoms with Crippen LogP contribution in [0.25, 0.3) is 0 Å². The number of esters is 1. The van der Waals surface area contributed by atoms with Crippen LogP contribution in [-0.2, 0) is 22.4 Å². The summed E-state index contributed by atoms with van der Waals surface area (Å²) < 4.78 is 4.21. The molecule has 0 aromatic heterocycles. The summed E-state index contributed by atoms with van der Waals surface area (Å²) >= 11 is 6.73. The van der Waals surface area contributed by atoms with Gasteiger partial charge in [0.05, 0.1) is 13.0 Å². The van der Waals surface area contributed by atoms with Gasteiger partial charge in [0, 0.05) is 12.0 Å². The number of Topliss-reactive ketones (excluding diaryl/α,β-unsaturated/α-hetero) is 1. The van der Waals surface area contributed by atoms with Crippen molar-refractivity contribution in [2.45, 2.75) is 23.0 Å². The highest BCUT2D eigenvalue weighted by molar-refractivity contribution is 9.26. The molecular weight excluding hydrogens is 364 g/mol. The van der Waals surface area contributed by atoms with E-state index in [4.69, 9.17) is 4.74 Å². The van der Waals surface area contributed by atoms with Crippen LogP contribution in [-0.4, -0.2) is 21.6 Å². The molecule has 1 aromatic rings. The van der Waals surface area contributed by atoms with Gasteiger partial charge in [-0.1, -0.05) is 50.1 Å². The first-order valence-electron chi connectivity index (χ1n) is 5.64. The maximum atomic E-state index is 12.0. The van der Waals surface area contributed by atoms with Gasteiger partial charge < -0.3 is 4.74 Å². The highest BCUT2D eigenvalue weighted by Crippen LogP contribution is 2.41. The van der Waals surface area contributed by atoms with Crippen LogP contribution in [0.15, 0.2) is 18.2 Å². The zero-order chi connectivity index (χ0) is 13.3. The molecule has 1 aromatic carbocycles. The van der Waals surface area contributed by atoms with Crippen LogP contribution in [0, 0.1) is 0 Å². The van der Waals surface area contributed by atoms with Gasteiger partial charge in [0.15, 0.2) is 5.78 Å². The standard InChI is InChI=1S/C13H12Br2O3/c1-2-18-11(16)6-8-3-4-10-9(5-8)7-13(14,15)12(10)17/h3-5H,2,6-7H2,1H3. The Bertz CT molecular complexity index is 509. The van der Waals surface area contributed by atoms with Crippen molar-refractivity contribution in [2.75, 3.05) is 6.61 Å². The van der Waals surface area contributed by atoms with E-state index in [1.54, 1.807) is 19.1 Å². The normalized spacial score (nSPS) is 16.5. The molecule has 0 N–H and O–H groups in total. The number of rotatable bonds is 3. The Kier molecular flexibility index (Phi) is 3.92. The first-order chi connectivity index (χ1) is 8.44. The number of ether oxygens (including phenoxy) is 1. The molecule has 96 valence electrons. The van der Waals surface area contributed by atoms with Gasteiger partial charge in [0.2, 0.25) is 0 Å². The van der Waals surface area contributed by atoms with E-state index in [0.29, 0.717) is 18.6 Å². The van der Waals surface area contributed by atoms with Crippen molar-refractivity contribution in [1.29, 1.82) is 0 Å². The number of hydrogen-bond acceptors (Lipinski definition) is 3. The van der Waals surface area contributed by atoms with Crippen LogP contribution >= 0.6 is 31.9 Å². The third-order valence-corrected chi connectivity index (χ3v) is 4.09.